The lowest BCUT2D eigenvalue weighted by molar-refractivity contribution is -0.124. The van der Waals surface area contributed by atoms with Crippen LogP contribution in [0.4, 0.5) is 0 Å². The number of aromatic nitrogens is 2. The Balaban J connectivity index is 1.73. The summed E-state index contributed by atoms with van der Waals surface area (Å²) in [6.45, 7) is 0.598. The van der Waals surface area contributed by atoms with Gasteiger partial charge in [-0.2, -0.15) is 0 Å². The van der Waals surface area contributed by atoms with Crippen LogP contribution < -0.4 is 10.6 Å². The number of nitrogens with one attached hydrogen (secondary N) is 2. The van der Waals surface area contributed by atoms with Gasteiger partial charge in [-0.1, -0.05) is 12.1 Å². The Labute approximate surface area is 150 Å². The minimum atomic E-state index is -0.242. The Kier molecular flexibility index (Phi) is 5.65. The van der Waals surface area contributed by atoms with E-state index in [1.165, 1.54) is 7.11 Å². The van der Waals surface area contributed by atoms with E-state index in [0.29, 0.717) is 18.1 Å². The van der Waals surface area contributed by atoms with Crippen molar-refractivity contribution < 1.29 is 18.7 Å². The fourth-order valence-electron chi connectivity index (χ4n) is 2.59. The molecule has 0 unspecified atom stereocenters. The van der Waals surface area contributed by atoms with Crippen molar-refractivity contribution in [3.05, 3.63) is 54.2 Å². The third-order valence-corrected chi connectivity index (χ3v) is 3.79. The first-order valence-corrected chi connectivity index (χ1v) is 8.16. The van der Waals surface area contributed by atoms with Crippen molar-refractivity contribution in [2.45, 2.75) is 19.6 Å². The van der Waals surface area contributed by atoms with E-state index < -0.39 is 0 Å². The number of fused-ring (bicyclic) bond motifs is 1. The Morgan fingerprint density at radius 1 is 1.12 bits per heavy atom. The van der Waals surface area contributed by atoms with Crippen molar-refractivity contribution in [3.63, 3.8) is 0 Å². The second-order valence-electron chi connectivity index (χ2n) is 5.67. The molecule has 0 aliphatic rings. The third-order valence-electron chi connectivity index (χ3n) is 3.79. The van der Waals surface area contributed by atoms with E-state index in [9.17, 15) is 9.59 Å². The number of hydrogen-bond donors (Lipinski definition) is 2. The fraction of sp³-hybridized carbons (Fsp3) is 0.278. The maximum atomic E-state index is 12.3. The molecule has 0 saturated carbocycles. The largest absolute Gasteiger partial charge is 0.467 e. The van der Waals surface area contributed by atoms with Crippen molar-refractivity contribution in [3.8, 4) is 0 Å². The third kappa shape index (κ3) is 4.28. The molecule has 0 bridgehead atoms. The van der Waals surface area contributed by atoms with Gasteiger partial charge in [0.1, 0.15) is 24.7 Å². The zero-order valence-corrected chi connectivity index (χ0v) is 14.4. The highest BCUT2D eigenvalue weighted by Gasteiger charge is 2.14. The molecule has 2 heterocycles. The second-order valence-corrected chi connectivity index (χ2v) is 5.67. The van der Waals surface area contributed by atoms with E-state index in [2.05, 4.69) is 15.6 Å². The van der Waals surface area contributed by atoms with Crippen LogP contribution in [0, 0.1) is 0 Å². The van der Waals surface area contributed by atoms with E-state index in [-0.39, 0.29) is 31.5 Å². The van der Waals surface area contributed by atoms with Crippen molar-refractivity contribution in [2.75, 3.05) is 13.7 Å². The zero-order chi connectivity index (χ0) is 18.4. The number of carbonyl (C=O) groups is 2. The molecular weight excluding hydrogens is 336 g/mol. The quantitative estimate of drug-likeness (QED) is 0.632. The molecular formula is C18H20N4O4. The van der Waals surface area contributed by atoms with Gasteiger partial charge in [-0.05, 0) is 24.3 Å². The molecule has 2 aromatic heterocycles. The van der Waals surface area contributed by atoms with E-state index >= 15 is 0 Å². The summed E-state index contributed by atoms with van der Waals surface area (Å²) in [4.78, 5) is 28.5. The van der Waals surface area contributed by atoms with Crippen molar-refractivity contribution >= 4 is 22.8 Å². The lowest BCUT2D eigenvalue weighted by atomic mass is 10.3. The van der Waals surface area contributed by atoms with Gasteiger partial charge in [-0.3, -0.25) is 9.59 Å². The molecule has 0 spiro atoms. The molecule has 0 radical (unpaired) electrons. The van der Waals surface area contributed by atoms with Gasteiger partial charge in [0.15, 0.2) is 0 Å². The minimum Gasteiger partial charge on any atom is -0.467 e. The van der Waals surface area contributed by atoms with Crippen molar-refractivity contribution in [2.24, 2.45) is 0 Å². The maximum absolute atomic E-state index is 12.3. The highest BCUT2D eigenvalue weighted by atomic mass is 16.5. The maximum Gasteiger partial charge on any atom is 0.246 e. The predicted molar refractivity (Wildman–Crippen MR) is 94.0 cm³/mol. The first kappa shape index (κ1) is 17.7. The SMILES string of the molecule is COCC(=O)NCc1nc2ccccc2n1CC(=O)NCc1ccco1. The number of para-hydroxylation sites is 2. The molecule has 3 aromatic rings. The summed E-state index contributed by atoms with van der Waals surface area (Å²) in [5.41, 5.74) is 1.60. The van der Waals surface area contributed by atoms with Crippen molar-refractivity contribution in [1.82, 2.24) is 20.2 Å². The number of ether oxygens (including phenoxy) is 1. The molecule has 1 aromatic carbocycles. The molecule has 0 fully saturated rings. The van der Waals surface area contributed by atoms with E-state index in [1.807, 2.05) is 24.3 Å². The van der Waals surface area contributed by atoms with E-state index in [0.717, 1.165) is 11.0 Å². The molecule has 8 heteroatoms. The van der Waals surface area contributed by atoms with Crippen LogP contribution in [0.2, 0.25) is 0 Å². The number of rotatable bonds is 8. The number of furan rings is 1. The average Bonchev–Trinajstić information content (AvgIpc) is 3.27. The summed E-state index contributed by atoms with van der Waals surface area (Å²) >= 11 is 0. The Morgan fingerprint density at radius 3 is 2.69 bits per heavy atom. The highest BCUT2D eigenvalue weighted by Crippen LogP contribution is 2.16. The molecule has 26 heavy (non-hydrogen) atoms. The molecule has 3 rings (SSSR count). The van der Waals surface area contributed by atoms with Gasteiger partial charge in [0.05, 0.1) is 30.4 Å². The molecule has 8 nitrogen and oxygen atoms in total. The Hall–Kier alpha value is -3.13. The smallest absolute Gasteiger partial charge is 0.246 e. The van der Waals surface area contributed by atoms with E-state index in [4.69, 9.17) is 9.15 Å². The molecule has 0 aliphatic heterocycles. The van der Waals surface area contributed by atoms with Crippen LogP contribution in [0.5, 0.6) is 0 Å². The van der Waals surface area contributed by atoms with Gasteiger partial charge < -0.3 is 24.4 Å². The van der Waals surface area contributed by atoms with E-state index in [1.54, 1.807) is 23.0 Å². The first-order valence-electron chi connectivity index (χ1n) is 8.16. The lowest BCUT2D eigenvalue weighted by Gasteiger charge is -2.10. The molecule has 136 valence electrons. The number of carbonyl (C=O) groups excluding carboxylic acids is 2. The minimum absolute atomic E-state index is 0.0239. The summed E-state index contributed by atoms with van der Waals surface area (Å²) < 4.78 is 11.8. The topological polar surface area (TPSA) is 98.4 Å². The Morgan fingerprint density at radius 2 is 1.92 bits per heavy atom. The standard InChI is InChI=1S/C18H20N4O4/c1-25-12-18(24)20-10-16-21-14-6-2-3-7-15(14)22(16)11-17(23)19-9-13-5-4-8-26-13/h2-8H,9-12H2,1H3,(H,19,23)(H,20,24). The summed E-state index contributed by atoms with van der Waals surface area (Å²) in [6, 6.07) is 11.1. The summed E-state index contributed by atoms with van der Waals surface area (Å²) in [7, 11) is 1.46. The first-order chi connectivity index (χ1) is 12.7. The normalized spacial score (nSPS) is 10.8. The number of hydrogen-bond acceptors (Lipinski definition) is 5. The Bertz CT molecular complexity index is 886. The summed E-state index contributed by atoms with van der Waals surface area (Å²) in [5.74, 6) is 0.868. The number of benzene rings is 1. The zero-order valence-electron chi connectivity index (χ0n) is 14.4. The second kappa shape index (κ2) is 8.30. The van der Waals surface area contributed by atoms with Gasteiger partial charge in [-0.25, -0.2) is 4.98 Å². The van der Waals surface area contributed by atoms with Crippen LogP contribution in [-0.2, 0) is 34.0 Å². The number of imidazole rings is 1. The number of amides is 2. The van der Waals surface area contributed by atoms with Crippen LogP contribution in [0.3, 0.4) is 0 Å². The van der Waals surface area contributed by atoms with Crippen LogP contribution in [0.1, 0.15) is 11.6 Å². The molecule has 2 amide bonds. The van der Waals surface area contributed by atoms with Gasteiger partial charge >= 0.3 is 0 Å². The molecule has 0 saturated heterocycles. The number of methoxy groups -OCH3 is 1. The van der Waals surface area contributed by atoms with Gasteiger partial charge in [0.2, 0.25) is 11.8 Å². The van der Waals surface area contributed by atoms with Gasteiger partial charge in [0.25, 0.3) is 0 Å². The highest BCUT2D eigenvalue weighted by molar-refractivity contribution is 5.81. The van der Waals surface area contributed by atoms with Gasteiger partial charge in [0, 0.05) is 7.11 Å². The van der Waals surface area contributed by atoms with Crippen LogP contribution in [-0.4, -0.2) is 35.1 Å². The lowest BCUT2D eigenvalue weighted by Crippen LogP contribution is -2.30. The predicted octanol–water partition coefficient (Wildman–Crippen LogP) is 1.21. The monoisotopic (exact) mass is 356 g/mol. The summed E-state index contributed by atoms with van der Waals surface area (Å²) in [5, 5.41) is 5.55. The van der Waals surface area contributed by atoms with Crippen LogP contribution in [0.25, 0.3) is 11.0 Å². The molecule has 0 atom stereocenters. The molecule has 0 aliphatic carbocycles. The molecule has 2 N–H and O–H groups in total. The number of nitrogens with zero attached hydrogens (tertiary/aromatic N) is 2. The summed E-state index contributed by atoms with van der Waals surface area (Å²) in [6.07, 6.45) is 1.56. The van der Waals surface area contributed by atoms with Crippen molar-refractivity contribution in [1.29, 1.82) is 0 Å². The average molecular weight is 356 g/mol. The fourth-order valence-corrected chi connectivity index (χ4v) is 2.59. The van der Waals surface area contributed by atoms with Crippen LogP contribution in [0.15, 0.2) is 47.1 Å². The van der Waals surface area contributed by atoms with Crippen LogP contribution >= 0.6 is 0 Å². The van der Waals surface area contributed by atoms with Gasteiger partial charge in [-0.15, -0.1) is 0 Å².